The summed E-state index contributed by atoms with van der Waals surface area (Å²) in [5.41, 5.74) is 2.48. The summed E-state index contributed by atoms with van der Waals surface area (Å²) in [5.74, 6) is -0.257. The molecule has 0 radical (unpaired) electrons. The maximum atomic E-state index is 12.0. The number of hydrogen-bond donors (Lipinski definition) is 2. The molecular weight excluding hydrogens is 300 g/mol. The summed E-state index contributed by atoms with van der Waals surface area (Å²) < 4.78 is 5.75. The molecule has 114 valence electrons. The molecule has 22 heavy (non-hydrogen) atoms. The zero-order valence-corrected chi connectivity index (χ0v) is 13.1. The highest BCUT2D eigenvalue weighted by atomic mass is 32.1. The standard InChI is InChI=1S/C15H16N4O2S/c1-9-14(22-18-17-9)15(21)16-8-13(20)11-3-4-12-10(7-11)5-6-19(12)2/h3-7,13,20H,8H2,1-2H3,(H,16,21)/t13-/m0/s1. The average molecular weight is 316 g/mol. The number of benzene rings is 1. The van der Waals surface area contributed by atoms with E-state index in [2.05, 4.69) is 14.9 Å². The highest BCUT2D eigenvalue weighted by Crippen LogP contribution is 2.21. The van der Waals surface area contributed by atoms with Crippen molar-refractivity contribution < 1.29 is 9.90 Å². The van der Waals surface area contributed by atoms with Crippen LogP contribution in [0.15, 0.2) is 30.5 Å². The Hall–Kier alpha value is -2.25. The van der Waals surface area contributed by atoms with Crippen LogP contribution in [0.4, 0.5) is 0 Å². The van der Waals surface area contributed by atoms with E-state index in [9.17, 15) is 9.90 Å². The highest BCUT2D eigenvalue weighted by molar-refractivity contribution is 7.07. The minimum atomic E-state index is -0.755. The lowest BCUT2D eigenvalue weighted by atomic mass is 10.1. The molecule has 0 unspecified atom stereocenters. The third-order valence-electron chi connectivity index (χ3n) is 3.61. The van der Waals surface area contributed by atoms with E-state index in [4.69, 9.17) is 0 Å². The van der Waals surface area contributed by atoms with Crippen LogP contribution in [-0.2, 0) is 7.05 Å². The van der Waals surface area contributed by atoms with Gasteiger partial charge in [-0.25, -0.2) is 0 Å². The van der Waals surface area contributed by atoms with E-state index in [1.165, 1.54) is 0 Å². The van der Waals surface area contributed by atoms with Crippen molar-refractivity contribution in [3.63, 3.8) is 0 Å². The molecule has 0 bridgehead atoms. The molecule has 7 heteroatoms. The van der Waals surface area contributed by atoms with Gasteiger partial charge < -0.3 is 15.0 Å². The van der Waals surface area contributed by atoms with E-state index in [1.807, 2.05) is 42.1 Å². The maximum absolute atomic E-state index is 12.0. The molecule has 0 aliphatic rings. The zero-order valence-electron chi connectivity index (χ0n) is 12.3. The summed E-state index contributed by atoms with van der Waals surface area (Å²) in [6.45, 7) is 1.88. The lowest BCUT2D eigenvalue weighted by molar-refractivity contribution is 0.0919. The van der Waals surface area contributed by atoms with Gasteiger partial charge in [0.25, 0.3) is 5.91 Å². The van der Waals surface area contributed by atoms with Crippen molar-refractivity contribution in [3.05, 3.63) is 46.6 Å². The summed E-state index contributed by atoms with van der Waals surface area (Å²) in [6.07, 6.45) is 1.22. The van der Waals surface area contributed by atoms with Crippen LogP contribution in [0.5, 0.6) is 0 Å². The second-order valence-electron chi connectivity index (χ2n) is 5.16. The van der Waals surface area contributed by atoms with Crippen molar-refractivity contribution in [2.75, 3.05) is 6.54 Å². The fourth-order valence-electron chi connectivity index (χ4n) is 2.33. The topological polar surface area (TPSA) is 80.0 Å². The Labute approximate surface area is 131 Å². The molecule has 0 aliphatic heterocycles. The van der Waals surface area contributed by atoms with Crippen molar-refractivity contribution >= 4 is 28.3 Å². The minimum absolute atomic E-state index is 0.147. The van der Waals surface area contributed by atoms with Crippen LogP contribution in [0.2, 0.25) is 0 Å². The Balaban J connectivity index is 1.69. The number of amides is 1. The average Bonchev–Trinajstić information content (AvgIpc) is 3.10. The number of aliphatic hydroxyl groups excluding tert-OH is 1. The molecular formula is C15H16N4O2S. The summed E-state index contributed by atoms with van der Waals surface area (Å²) in [5, 5.41) is 17.8. The molecule has 3 aromatic rings. The second kappa shape index (κ2) is 5.86. The maximum Gasteiger partial charge on any atom is 0.265 e. The number of rotatable bonds is 4. The molecule has 2 N–H and O–H groups in total. The molecule has 0 spiro atoms. The van der Waals surface area contributed by atoms with Gasteiger partial charge in [-0.2, -0.15) is 0 Å². The van der Waals surface area contributed by atoms with Gasteiger partial charge in [0.2, 0.25) is 0 Å². The largest absolute Gasteiger partial charge is 0.387 e. The van der Waals surface area contributed by atoms with E-state index in [1.54, 1.807) is 6.92 Å². The minimum Gasteiger partial charge on any atom is -0.387 e. The van der Waals surface area contributed by atoms with Crippen LogP contribution in [-0.4, -0.2) is 31.7 Å². The monoisotopic (exact) mass is 316 g/mol. The fraction of sp³-hybridized carbons (Fsp3) is 0.267. The smallest absolute Gasteiger partial charge is 0.265 e. The number of carbonyl (C=O) groups excluding carboxylic acids is 1. The van der Waals surface area contributed by atoms with Crippen LogP contribution in [0.1, 0.15) is 27.0 Å². The number of carbonyl (C=O) groups is 1. The van der Waals surface area contributed by atoms with Gasteiger partial charge in [-0.05, 0) is 47.6 Å². The van der Waals surface area contributed by atoms with Gasteiger partial charge in [0.15, 0.2) is 0 Å². The highest BCUT2D eigenvalue weighted by Gasteiger charge is 2.15. The van der Waals surface area contributed by atoms with Crippen LogP contribution in [0.3, 0.4) is 0 Å². The Morgan fingerprint density at radius 3 is 3.00 bits per heavy atom. The molecule has 1 amide bonds. The number of hydrogen-bond acceptors (Lipinski definition) is 5. The predicted molar refractivity (Wildman–Crippen MR) is 84.9 cm³/mol. The van der Waals surface area contributed by atoms with Crippen LogP contribution >= 0.6 is 11.5 Å². The second-order valence-corrected chi connectivity index (χ2v) is 5.91. The third kappa shape index (κ3) is 2.72. The summed E-state index contributed by atoms with van der Waals surface area (Å²) in [6, 6.07) is 7.77. The van der Waals surface area contributed by atoms with E-state index in [-0.39, 0.29) is 12.5 Å². The van der Waals surface area contributed by atoms with Gasteiger partial charge in [-0.1, -0.05) is 10.6 Å². The Kier molecular flexibility index (Phi) is 3.91. The molecule has 6 nitrogen and oxygen atoms in total. The van der Waals surface area contributed by atoms with Crippen LogP contribution < -0.4 is 5.32 Å². The molecule has 0 saturated heterocycles. The van der Waals surface area contributed by atoms with Crippen molar-refractivity contribution in [1.29, 1.82) is 0 Å². The number of nitrogens with zero attached hydrogens (tertiary/aromatic N) is 3. The summed E-state index contributed by atoms with van der Waals surface area (Å²) in [7, 11) is 1.98. The first kappa shape index (κ1) is 14.7. The van der Waals surface area contributed by atoms with Gasteiger partial charge in [0.1, 0.15) is 4.88 Å². The van der Waals surface area contributed by atoms with Gasteiger partial charge >= 0.3 is 0 Å². The molecule has 2 heterocycles. The molecule has 3 rings (SSSR count). The number of nitrogens with one attached hydrogen (secondary N) is 1. The summed E-state index contributed by atoms with van der Waals surface area (Å²) in [4.78, 5) is 12.5. The first-order chi connectivity index (χ1) is 10.6. The van der Waals surface area contributed by atoms with E-state index >= 15 is 0 Å². The lowest BCUT2D eigenvalue weighted by Gasteiger charge is -2.12. The van der Waals surface area contributed by atoms with Crippen molar-refractivity contribution in [2.24, 2.45) is 7.05 Å². The first-order valence-electron chi connectivity index (χ1n) is 6.86. The SMILES string of the molecule is Cc1nnsc1C(=O)NC[C@H](O)c1ccc2c(ccn2C)c1. The van der Waals surface area contributed by atoms with Crippen molar-refractivity contribution in [1.82, 2.24) is 19.5 Å². The number of fused-ring (bicyclic) bond motifs is 1. The first-order valence-corrected chi connectivity index (χ1v) is 7.64. The van der Waals surface area contributed by atoms with Gasteiger partial charge in [0.05, 0.1) is 11.8 Å². The Bertz CT molecular complexity index is 824. The third-order valence-corrected chi connectivity index (χ3v) is 4.43. The van der Waals surface area contributed by atoms with Gasteiger partial charge in [-0.3, -0.25) is 4.79 Å². The lowest BCUT2D eigenvalue weighted by Crippen LogP contribution is -2.28. The normalized spacial score (nSPS) is 12.5. The number of aryl methyl sites for hydroxylation is 2. The van der Waals surface area contributed by atoms with Gasteiger partial charge in [0, 0.05) is 25.3 Å². The predicted octanol–water partition coefficient (Wildman–Crippen LogP) is 1.80. The molecule has 0 fully saturated rings. The summed E-state index contributed by atoms with van der Waals surface area (Å²) >= 11 is 1.05. The van der Waals surface area contributed by atoms with Crippen molar-refractivity contribution in [3.8, 4) is 0 Å². The Morgan fingerprint density at radius 1 is 1.45 bits per heavy atom. The van der Waals surface area contributed by atoms with Crippen LogP contribution in [0, 0.1) is 6.92 Å². The fourth-order valence-corrected chi connectivity index (χ4v) is 2.91. The molecule has 1 atom stereocenters. The Morgan fingerprint density at radius 2 is 2.27 bits per heavy atom. The molecule has 0 saturated carbocycles. The van der Waals surface area contributed by atoms with E-state index < -0.39 is 6.10 Å². The molecule has 0 aliphatic carbocycles. The van der Waals surface area contributed by atoms with Crippen molar-refractivity contribution in [2.45, 2.75) is 13.0 Å². The van der Waals surface area contributed by atoms with Gasteiger partial charge in [-0.15, -0.1) is 5.10 Å². The molecule has 1 aromatic carbocycles. The number of aromatic nitrogens is 3. The van der Waals surface area contributed by atoms with E-state index in [0.29, 0.717) is 10.6 Å². The number of aliphatic hydroxyl groups is 1. The quantitative estimate of drug-likeness (QED) is 0.769. The zero-order chi connectivity index (χ0) is 15.7. The van der Waals surface area contributed by atoms with Crippen LogP contribution in [0.25, 0.3) is 10.9 Å². The molecule has 2 aromatic heterocycles. The van der Waals surface area contributed by atoms with E-state index in [0.717, 1.165) is 28.0 Å².